The average Bonchev–Trinajstić information content (AvgIpc) is 3.71. The molecule has 2 aromatic carbocycles. The van der Waals surface area contributed by atoms with Gasteiger partial charge in [-0.15, -0.1) is 11.3 Å². The molecule has 0 saturated heterocycles. The monoisotopic (exact) mass is 568 g/mol. The second-order valence-corrected chi connectivity index (χ2v) is 11.2. The van der Waals surface area contributed by atoms with E-state index in [2.05, 4.69) is 30.8 Å². The second-order valence-electron chi connectivity index (χ2n) is 10.3. The summed E-state index contributed by atoms with van der Waals surface area (Å²) >= 11 is 1.55. The van der Waals surface area contributed by atoms with Crippen LogP contribution in [0.2, 0.25) is 0 Å². The predicted octanol–water partition coefficient (Wildman–Crippen LogP) is 7.14. The highest BCUT2D eigenvalue weighted by Gasteiger charge is 2.22. The standard InChI is InChI=1S/C29H25FN8O2S/c1-29(2,3)26-13-27(38(37-26)18-4-7-25-24(10-18)32-16-41-25)36-28(39)35-22-6-5-19(11-21(22)30)40-20-8-9-31-23(12-20)17-14-33-34-15-17/h4-16H,1-3H3,(H,33,34)(H2,35,36,39). The normalized spacial score (nSPS) is 11.5. The van der Waals surface area contributed by atoms with E-state index in [0.29, 0.717) is 17.3 Å². The van der Waals surface area contributed by atoms with Gasteiger partial charge in [0, 0.05) is 41.6 Å². The molecule has 0 fully saturated rings. The molecule has 0 aliphatic rings. The highest BCUT2D eigenvalue weighted by molar-refractivity contribution is 7.16. The number of hydrogen-bond acceptors (Lipinski definition) is 7. The van der Waals surface area contributed by atoms with E-state index in [1.165, 1.54) is 12.1 Å². The maximum Gasteiger partial charge on any atom is 0.324 e. The summed E-state index contributed by atoms with van der Waals surface area (Å²) in [5.74, 6) is 0.532. The molecule has 0 unspecified atom stereocenters. The van der Waals surface area contributed by atoms with Crippen LogP contribution in [0.3, 0.4) is 0 Å². The van der Waals surface area contributed by atoms with E-state index >= 15 is 4.39 Å². The number of H-pyrrole nitrogens is 1. The number of hydrogen-bond donors (Lipinski definition) is 3. The fourth-order valence-corrected chi connectivity index (χ4v) is 4.76. The number of halogens is 1. The maximum absolute atomic E-state index is 15.0. The number of carbonyl (C=O) groups excluding carboxylic acids is 1. The van der Waals surface area contributed by atoms with Crippen molar-refractivity contribution < 1.29 is 13.9 Å². The Morgan fingerprint density at radius 3 is 2.66 bits per heavy atom. The van der Waals surface area contributed by atoms with Gasteiger partial charge in [0.1, 0.15) is 23.1 Å². The molecule has 41 heavy (non-hydrogen) atoms. The molecule has 0 atom stereocenters. The molecule has 10 nitrogen and oxygen atoms in total. The average molecular weight is 569 g/mol. The van der Waals surface area contributed by atoms with Crippen molar-refractivity contribution >= 4 is 39.1 Å². The SMILES string of the molecule is CC(C)(C)c1cc(NC(=O)Nc2ccc(Oc3ccnc(-c4cn[nH]c4)c3)cc2F)n(-c2ccc3scnc3c2)n1. The van der Waals surface area contributed by atoms with Crippen LogP contribution in [0.25, 0.3) is 27.2 Å². The quantitative estimate of drug-likeness (QED) is 0.196. The highest BCUT2D eigenvalue weighted by atomic mass is 32.1. The highest BCUT2D eigenvalue weighted by Crippen LogP contribution is 2.30. The number of amides is 2. The number of fused-ring (bicyclic) bond motifs is 1. The molecule has 12 heteroatoms. The van der Waals surface area contributed by atoms with Gasteiger partial charge in [-0.1, -0.05) is 20.8 Å². The van der Waals surface area contributed by atoms with Crippen LogP contribution < -0.4 is 15.4 Å². The molecule has 0 aliphatic carbocycles. The molecule has 206 valence electrons. The Kier molecular flexibility index (Phi) is 6.67. The zero-order valence-electron chi connectivity index (χ0n) is 22.3. The van der Waals surface area contributed by atoms with Crippen LogP contribution in [-0.4, -0.2) is 36.0 Å². The molecule has 0 spiro atoms. The Balaban J connectivity index is 1.19. The summed E-state index contributed by atoms with van der Waals surface area (Å²) in [5, 5.41) is 16.8. The Morgan fingerprint density at radius 2 is 1.88 bits per heavy atom. The first-order valence-electron chi connectivity index (χ1n) is 12.7. The van der Waals surface area contributed by atoms with Gasteiger partial charge in [0.2, 0.25) is 0 Å². The van der Waals surface area contributed by atoms with Crippen LogP contribution >= 0.6 is 11.3 Å². The lowest BCUT2D eigenvalue weighted by Crippen LogP contribution is -2.22. The third-order valence-corrected chi connectivity index (χ3v) is 7.04. The summed E-state index contributed by atoms with van der Waals surface area (Å²) in [7, 11) is 0. The Bertz CT molecular complexity index is 1860. The lowest BCUT2D eigenvalue weighted by atomic mass is 9.92. The lowest BCUT2D eigenvalue weighted by molar-refractivity contribution is 0.262. The van der Waals surface area contributed by atoms with E-state index in [0.717, 1.165) is 27.2 Å². The minimum atomic E-state index is -0.653. The van der Waals surface area contributed by atoms with Crippen LogP contribution in [0, 0.1) is 5.82 Å². The van der Waals surface area contributed by atoms with E-state index in [4.69, 9.17) is 9.84 Å². The summed E-state index contributed by atoms with van der Waals surface area (Å²) in [6, 6.07) is 14.6. The first kappa shape index (κ1) is 26.1. The van der Waals surface area contributed by atoms with Gasteiger partial charge >= 0.3 is 6.03 Å². The summed E-state index contributed by atoms with van der Waals surface area (Å²) in [4.78, 5) is 21.7. The molecule has 4 heterocycles. The predicted molar refractivity (Wildman–Crippen MR) is 156 cm³/mol. The Labute approximate surface area is 238 Å². The molecule has 6 aromatic rings. The number of thiazole rings is 1. The molecule has 6 rings (SSSR count). The van der Waals surface area contributed by atoms with Gasteiger partial charge in [-0.2, -0.15) is 10.2 Å². The van der Waals surface area contributed by atoms with Gasteiger partial charge in [0.15, 0.2) is 0 Å². The largest absolute Gasteiger partial charge is 0.457 e. The third kappa shape index (κ3) is 5.63. The molecule has 0 bridgehead atoms. The van der Waals surface area contributed by atoms with Gasteiger partial charge in [-0.05, 0) is 36.4 Å². The molecule has 0 aliphatic heterocycles. The molecule has 0 saturated carbocycles. The topological polar surface area (TPSA) is 123 Å². The molecular formula is C29H25FN8O2S. The van der Waals surface area contributed by atoms with Crippen molar-refractivity contribution in [2.24, 2.45) is 0 Å². The van der Waals surface area contributed by atoms with Crippen molar-refractivity contribution in [3.05, 3.63) is 90.2 Å². The smallest absolute Gasteiger partial charge is 0.324 e. The number of aromatic amines is 1. The minimum absolute atomic E-state index is 0.00494. The Hall–Kier alpha value is -5.10. The lowest BCUT2D eigenvalue weighted by Gasteiger charge is -2.14. The van der Waals surface area contributed by atoms with Gasteiger partial charge < -0.3 is 10.1 Å². The first-order chi connectivity index (χ1) is 19.7. The van der Waals surface area contributed by atoms with Crippen molar-refractivity contribution in [3.63, 3.8) is 0 Å². The van der Waals surface area contributed by atoms with E-state index in [-0.39, 0.29) is 16.9 Å². The van der Waals surface area contributed by atoms with Crippen LogP contribution in [0.4, 0.5) is 20.7 Å². The van der Waals surface area contributed by atoms with E-state index in [1.54, 1.807) is 58.3 Å². The molecule has 2 amide bonds. The third-order valence-electron chi connectivity index (χ3n) is 6.23. The first-order valence-corrected chi connectivity index (χ1v) is 13.6. The van der Waals surface area contributed by atoms with Crippen molar-refractivity contribution in [3.8, 4) is 28.4 Å². The number of pyridine rings is 1. The summed E-state index contributed by atoms with van der Waals surface area (Å²) in [6.07, 6.45) is 4.96. The second kappa shape index (κ2) is 10.5. The number of rotatable bonds is 6. The Morgan fingerprint density at radius 1 is 1.02 bits per heavy atom. The van der Waals surface area contributed by atoms with Gasteiger partial charge in [-0.25, -0.2) is 18.9 Å². The van der Waals surface area contributed by atoms with Crippen LogP contribution in [0.15, 0.2) is 78.7 Å². The van der Waals surface area contributed by atoms with E-state index < -0.39 is 11.8 Å². The number of nitrogens with one attached hydrogen (secondary N) is 3. The van der Waals surface area contributed by atoms with Gasteiger partial charge in [0.05, 0.1) is 44.7 Å². The number of anilines is 2. The summed E-state index contributed by atoms with van der Waals surface area (Å²) in [6.45, 7) is 6.11. The van der Waals surface area contributed by atoms with Crippen molar-refractivity contribution in [2.75, 3.05) is 10.6 Å². The van der Waals surface area contributed by atoms with E-state index in [9.17, 15) is 4.79 Å². The van der Waals surface area contributed by atoms with Crippen LogP contribution in [0.5, 0.6) is 11.5 Å². The van der Waals surface area contributed by atoms with Crippen molar-refractivity contribution in [1.29, 1.82) is 0 Å². The fraction of sp³-hybridized carbons (Fsp3) is 0.138. The number of aromatic nitrogens is 6. The van der Waals surface area contributed by atoms with E-state index in [1.807, 2.05) is 45.0 Å². The number of carbonyl (C=O) groups is 1. The van der Waals surface area contributed by atoms with Crippen LogP contribution in [0.1, 0.15) is 26.5 Å². The molecule has 3 N–H and O–H groups in total. The van der Waals surface area contributed by atoms with Gasteiger partial charge in [-0.3, -0.25) is 15.4 Å². The fourth-order valence-electron chi connectivity index (χ4n) is 4.10. The number of nitrogens with zero attached hydrogens (tertiary/aromatic N) is 5. The zero-order valence-corrected chi connectivity index (χ0v) is 23.2. The molecule has 4 aromatic heterocycles. The van der Waals surface area contributed by atoms with Crippen LogP contribution in [-0.2, 0) is 5.41 Å². The van der Waals surface area contributed by atoms with Crippen molar-refractivity contribution in [1.82, 2.24) is 29.9 Å². The van der Waals surface area contributed by atoms with Gasteiger partial charge in [0.25, 0.3) is 0 Å². The summed E-state index contributed by atoms with van der Waals surface area (Å²) < 4.78 is 23.5. The number of benzene rings is 2. The number of ether oxygens (including phenoxy) is 1. The minimum Gasteiger partial charge on any atom is -0.457 e. The zero-order chi connectivity index (χ0) is 28.6. The van der Waals surface area contributed by atoms with Crippen molar-refractivity contribution in [2.45, 2.75) is 26.2 Å². The summed E-state index contributed by atoms with van der Waals surface area (Å²) in [5.41, 5.74) is 5.34. The molecule has 0 radical (unpaired) electrons. The number of urea groups is 1. The molecular weight excluding hydrogens is 543 g/mol. The maximum atomic E-state index is 15.0.